The molecule has 0 aliphatic rings. The van der Waals surface area contributed by atoms with Gasteiger partial charge in [0.25, 0.3) is 0 Å². The van der Waals surface area contributed by atoms with E-state index < -0.39 is 0 Å². The van der Waals surface area contributed by atoms with Crippen molar-refractivity contribution >= 4 is 23.0 Å². The topological polar surface area (TPSA) is 42.5 Å². The van der Waals surface area contributed by atoms with Gasteiger partial charge in [-0.3, -0.25) is 0 Å². The molecule has 4 nitrogen and oxygen atoms in total. The Morgan fingerprint density at radius 1 is 1.08 bits per heavy atom. The summed E-state index contributed by atoms with van der Waals surface area (Å²) in [6.07, 6.45) is 0.924. The van der Waals surface area contributed by atoms with Crippen LogP contribution in [0.25, 0.3) is 0 Å². The summed E-state index contributed by atoms with van der Waals surface area (Å²) >= 11 is 5.45. The van der Waals surface area contributed by atoms with E-state index in [9.17, 15) is 0 Å². The Labute approximate surface area is 149 Å². The van der Waals surface area contributed by atoms with Gasteiger partial charge in [0.1, 0.15) is 11.5 Å². The van der Waals surface area contributed by atoms with Crippen LogP contribution < -0.4 is 20.1 Å². The molecule has 2 aromatic carbocycles. The largest absolute Gasteiger partial charge is 0.497 e. The molecule has 0 aliphatic carbocycles. The second-order valence-corrected chi connectivity index (χ2v) is 5.70. The first-order chi connectivity index (χ1) is 11.7. The molecule has 0 saturated heterocycles. The molecule has 0 radical (unpaired) electrons. The maximum atomic E-state index is 5.51. The monoisotopic (exact) mass is 344 g/mol. The minimum atomic E-state index is 0.144. The highest BCUT2D eigenvalue weighted by molar-refractivity contribution is 7.80. The lowest BCUT2D eigenvalue weighted by molar-refractivity contribution is 0.340. The van der Waals surface area contributed by atoms with Gasteiger partial charge >= 0.3 is 0 Å². The van der Waals surface area contributed by atoms with Crippen molar-refractivity contribution in [3.8, 4) is 11.5 Å². The van der Waals surface area contributed by atoms with Gasteiger partial charge in [-0.1, -0.05) is 25.1 Å². The molecule has 2 aromatic rings. The summed E-state index contributed by atoms with van der Waals surface area (Å²) < 4.78 is 10.7. The van der Waals surface area contributed by atoms with Gasteiger partial charge in [0, 0.05) is 11.8 Å². The Morgan fingerprint density at radius 2 is 1.83 bits per heavy atom. The number of methoxy groups -OCH3 is 1. The fourth-order valence-electron chi connectivity index (χ4n) is 2.41. The lowest BCUT2D eigenvalue weighted by atomic mass is 10.0. The van der Waals surface area contributed by atoms with Crippen LogP contribution in [0.4, 0.5) is 5.69 Å². The zero-order chi connectivity index (χ0) is 17.4. The van der Waals surface area contributed by atoms with Gasteiger partial charge in [-0.05, 0) is 55.4 Å². The van der Waals surface area contributed by atoms with Crippen LogP contribution in [0.1, 0.15) is 31.9 Å². The van der Waals surface area contributed by atoms with E-state index in [1.807, 2.05) is 43.3 Å². The van der Waals surface area contributed by atoms with Crippen molar-refractivity contribution in [1.29, 1.82) is 0 Å². The minimum Gasteiger partial charge on any atom is -0.497 e. The van der Waals surface area contributed by atoms with Crippen LogP contribution in [0.15, 0.2) is 48.5 Å². The summed E-state index contributed by atoms with van der Waals surface area (Å²) in [5.41, 5.74) is 2.08. The Bertz CT molecular complexity index is 659. The van der Waals surface area contributed by atoms with Gasteiger partial charge in [0.15, 0.2) is 5.11 Å². The Morgan fingerprint density at radius 3 is 2.46 bits per heavy atom. The second-order valence-electron chi connectivity index (χ2n) is 5.29. The molecule has 0 bridgehead atoms. The van der Waals surface area contributed by atoms with Crippen LogP contribution in [-0.2, 0) is 0 Å². The smallest absolute Gasteiger partial charge is 0.171 e. The van der Waals surface area contributed by atoms with E-state index in [1.54, 1.807) is 7.11 Å². The molecule has 128 valence electrons. The molecule has 1 atom stereocenters. The quantitative estimate of drug-likeness (QED) is 0.722. The molecule has 0 spiro atoms. The summed E-state index contributed by atoms with van der Waals surface area (Å²) in [6.45, 7) is 4.73. The first kappa shape index (κ1) is 18.1. The second kappa shape index (κ2) is 9.13. The van der Waals surface area contributed by atoms with E-state index in [4.69, 9.17) is 21.7 Å². The SMILES string of the molecule is CCOc1cccc(NC(=S)NC(CC)c2ccc(OC)cc2)c1. The molecule has 0 aromatic heterocycles. The molecule has 1 unspecified atom stereocenters. The van der Waals surface area contributed by atoms with Crippen LogP contribution in [0, 0.1) is 0 Å². The molecular weight excluding hydrogens is 320 g/mol. The first-order valence-corrected chi connectivity index (χ1v) is 8.51. The van der Waals surface area contributed by atoms with Crippen molar-refractivity contribution in [2.45, 2.75) is 26.3 Å². The fraction of sp³-hybridized carbons (Fsp3) is 0.316. The van der Waals surface area contributed by atoms with E-state index in [0.717, 1.165) is 23.6 Å². The number of thiocarbonyl (C=S) groups is 1. The van der Waals surface area contributed by atoms with Crippen molar-refractivity contribution in [2.24, 2.45) is 0 Å². The summed E-state index contributed by atoms with van der Waals surface area (Å²) in [6, 6.07) is 15.9. The van der Waals surface area contributed by atoms with Gasteiger partial charge < -0.3 is 20.1 Å². The normalized spacial score (nSPS) is 11.5. The third-order valence-electron chi connectivity index (χ3n) is 3.63. The summed E-state index contributed by atoms with van der Waals surface area (Å²) in [5.74, 6) is 1.68. The number of nitrogens with one attached hydrogen (secondary N) is 2. The Kier molecular flexibility index (Phi) is 6.88. The molecule has 24 heavy (non-hydrogen) atoms. The Balaban J connectivity index is 1.99. The maximum absolute atomic E-state index is 5.51. The number of hydrogen-bond acceptors (Lipinski definition) is 3. The highest BCUT2D eigenvalue weighted by atomic mass is 32.1. The van der Waals surface area contributed by atoms with E-state index in [-0.39, 0.29) is 6.04 Å². The van der Waals surface area contributed by atoms with Crippen molar-refractivity contribution in [3.05, 3.63) is 54.1 Å². The van der Waals surface area contributed by atoms with Crippen LogP contribution in [-0.4, -0.2) is 18.8 Å². The standard InChI is InChI=1S/C19H24N2O2S/c1-4-18(14-9-11-16(22-3)12-10-14)21-19(24)20-15-7-6-8-17(13-15)23-5-2/h6-13,18H,4-5H2,1-3H3,(H2,20,21,24). The van der Waals surface area contributed by atoms with Crippen molar-refractivity contribution in [3.63, 3.8) is 0 Å². The van der Waals surface area contributed by atoms with Gasteiger partial charge in [-0.15, -0.1) is 0 Å². The lowest BCUT2D eigenvalue weighted by Gasteiger charge is -2.20. The number of benzene rings is 2. The highest BCUT2D eigenvalue weighted by Crippen LogP contribution is 2.21. The van der Waals surface area contributed by atoms with Crippen LogP contribution in [0.2, 0.25) is 0 Å². The third-order valence-corrected chi connectivity index (χ3v) is 3.85. The van der Waals surface area contributed by atoms with Crippen molar-refractivity contribution in [2.75, 3.05) is 19.0 Å². The van der Waals surface area contributed by atoms with E-state index in [2.05, 4.69) is 29.7 Å². The molecule has 0 aliphatic heterocycles. The summed E-state index contributed by atoms with van der Waals surface area (Å²) in [4.78, 5) is 0. The molecule has 2 N–H and O–H groups in total. The van der Waals surface area contributed by atoms with Crippen LogP contribution in [0.5, 0.6) is 11.5 Å². The molecule has 0 heterocycles. The lowest BCUT2D eigenvalue weighted by Crippen LogP contribution is -2.32. The zero-order valence-corrected chi connectivity index (χ0v) is 15.2. The predicted molar refractivity (Wildman–Crippen MR) is 103 cm³/mol. The van der Waals surface area contributed by atoms with Crippen molar-refractivity contribution < 1.29 is 9.47 Å². The maximum Gasteiger partial charge on any atom is 0.171 e. The Hall–Kier alpha value is -2.27. The number of hydrogen-bond donors (Lipinski definition) is 2. The third kappa shape index (κ3) is 5.13. The van der Waals surface area contributed by atoms with Crippen LogP contribution in [0.3, 0.4) is 0 Å². The molecular formula is C19H24N2O2S. The molecule has 0 saturated carbocycles. The highest BCUT2D eigenvalue weighted by Gasteiger charge is 2.11. The molecule has 0 fully saturated rings. The van der Waals surface area contributed by atoms with E-state index in [0.29, 0.717) is 11.7 Å². The summed E-state index contributed by atoms with van der Waals surface area (Å²) in [7, 11) is 1.67. The number of ether oxygens (including phenoxy) is 2. The van der Waals surface area contributed by atoms with Gasteiger partial charge in [0.05, 0.1) is 19.8 Å². The van der Waals surface area contributed by atoms with Crippen LogP contribution >= 0.6 is 12.2 Å². The average Bonchev–Trinajstić information content (AvgIpc) is 2.60. The van der Waals surface area contributed by atoms with Crippen molar-refractivity contribution in [1.82, 2.24) is 5.32 Å². The fourth-order valence-corrected chi connectivity index (χ4v) is 2.67. The number of anilines is 1. The first-order valence-electron chi connectivity index (χ1n) is 8.10. The predicted octanol–water partition coefficient (Wildman–Crippen LogP) is 4.53. The molecule has 0 amide bonds. The van der Waals surface area contributed by atoms with E-state index in [1.165, 1.54) is 5.56 Å². The van der Waals surface area contributed by atoms with Gasteiger partial charge in [-0.2, -0.15) is 0 Å². The van der Waals surface area contributed by atoms with Gasteiger partial charge in [0.2, 0.25) is 0 Å². The van der Waals surface area contributed by atoms with E-state index >= 15 is 0 Å². The summed E-state index contributed by atoms with van der Waals surface area (Å²) in [5, 5.41) is 7.16. The molecule has 5 heteroatoms. The average molecular weight is 344 g/mol. The molecule has 2 rings (SSSR count). The zero-order valence-electron chi connectivity index (χ0n) is 14.3. The minimum absolute atomic E-state index is 0.144. The van der Waals surface area contributed by atoms with Gasteiger partial charge in [-0.25, -0.2) is 0 Å². The number of rotatable bonds is 7.